The van der Waals surface area contributed by atoms with Crippen molar-refractivity contribution in [3.05, 3.63) is 0 Å². The van der Waals surface area contributed by atoms with Crippen LogP contribution in [-0.4, -0.2) is 25.3 Å². The number of ether oxygens (including phenoxy) is 2. The molecule has 0 rings (SSSR count). The summed E-state index contributed by atoms with van der Waals surface area (Å²) in [5.74, 6) is -0.178. The van der Waals surface area contributed by atoms with Crippen LogP contribution in [0.5, 0.6) is 0 Å². The standard InChI is InChI=1S/C14H28O3/c1-4-7-10-13(16-11-8-5-2)14(15)17-12-9-6-3/h13H,4-12H2,1-3H3. The van der Waals surface area contributed by atoms with Crippen LogP contribution < -0.4 is 0 Å². The van der Waals surface area contributed by atoms with Crippen molar-refractivity contribution in [3.8, 4) is 0 Å². The predicted octanol–water partition coefficient (Wildman–Crippen LogP) is 3.71. The molecule has 3 nitrogen and oxygen atoms in total. The van der Waals surface area contributed by atoms with E-state index < -0.39 is 0 Å². The third kappa shape index (κ3) is 9.16. The predicted molar refractivity (Wildman–Crippen MR) is 70.0 cm³/mol. The molecule has 0 amide bonds. The molecule has 0 aromatic heterocycles. The first-order valence-electron chi connectivity index (χ1n) is 7.04. The van der Waals surface area contributed by atoms with Gasteiger partial charge in [0.15, 0.2) is 6.10 Å². The first-order valence-corrected chi connectivity index (χ1v) is 7.04. The molecule has 3 heteroatoms. The van der Waals surface area contributed by atoms with Gasteiger partial charge in [0, 0.05) is 6.61 Å². The van der Waals surface area contributed by atoms with Crippen molar-refractivity contribution >= 4 is 5.97 Å². The van der Waals surface area contributed by atoms with Gasteiger partial charge in [-0.25, -0.2) is 4.79 Å². The molecule has 0 radical (unpaired) electrons. The van der Waals surface area contributed by atoms with Gasteiger partial charge < -0.3 is 9.47 Å². The van der Waals surface area contributed by atoms with E-state index >= 15 is 0 Å². The van der Waals surface area contributed by atoms with Gasteiger partial charge in [0.25, 0.3) is 0 Å². The fourth-order valence-electron chi connectivity index (χ4n) is 1.44. The Morgan fingerprint density at radius 1 is 0.941 bits per heavy atom. The van der Waals surface area contributed by atoms with Crippen molar-refractivity contribution < 1.29 is 14.3 Å². The molecule has 102 valence electrons. The van der Waals surface area contributed by atoms with Gasteiger partial charge in [0.2, 0.25) is 0 Å². The van der Waals surface area contributed by atoms with Crippen molar-refractivity contribution in [2.75, 3.05) is 13.2 Å². The molecule has 17 heavy (non-hydrogen) atoms. The topological polar surface area (TPSA) is 35.5 Å². The third-order valence-electron chi connectivity index (χ3n) is 2.64. The van der Waals surface area contributed by atoms with E-state index in [1.807, 2.05) is 0 Å². The number of carbonyl (C=O) groups is 1. The average molecular weight is 244 g/mol. The minimum atomic E-state index is -0.349. The maximum absolute atomic E-state index is 11.8. The lowest BCUT2D eigenvalue weighted by Gasteiger charge is -2.16. The second kappa shape index (κ2) is 11.9. The number of hydrogen-bond acceptors (Lipinski definition) is 3. The fraction of sp³-hybridized carbons (Fsp3) is 0.929. The average Bonchev–Trinajstić information content (AvgIpc) is 2.33. The highest BCUT2D eigenvalue weighted by atomic mass is 16.6. The smallest absolute Gasteiger partial charge is 0.335 e. The highest BCUT2D eigenvalue weighted by molar-refractivity contribution is 5.74. The molecule has 0 saturated carbocycles. The molecule has 0 aromatic rings. The molecule has 0 fully saturated rings. The summed E-state index contributed by atoms with van der Waals surface area (Å²) in [5, 5.41) is 0. The largest absolute Gasteiger partial charge is 0.464 e. The summed E-state index contributed by atoms with van der Waals surface area (Å²) < 4.78 is 10.8. The summed E-state index contributed by atoms with van der Waals surface area (Å²) in [6, 6.07) is 0. The summed E-state index contributed by atoms with van der Waals surface area (Å²) in [6.07, 6.45) is 6.60. The van der Waals surface area contributed by atoms with E-state index in [9.17, 15) is 4.79 Å². The highest BCUT2D eigenvalue weighted by Gasteiger charge is 2.19. The van der Waals surface area contributed by atoms with Gasteiger partial charge in [0.1, 0.15) is 0 Å². The Balaban J connectivity index is 3.91. The summed E-state index contributed by atoms with van der Waals surface area (Å²) in [5.41, 5.74) is 0. The SMILES string of the molecule is CCCCOC(=O)C(CCCC)OCCCC. The Kier molecular flexibility index (Phi) is 11.5. The van der Waals surface area contributed by atoms with Gasteiger partial charge in [-0.15, -0.1) is 0 Å². The number of esters is 1. The van der Waals surface area contributed by atoms with Crippen molar-refractivity contribution in [1.29, 1.82) is 0 Å². The van der Waals surface area contributed by atoms with E-state index in [0.717, 1.165) is 44.9 Å². The molecule has 0 bridgehead atoms. The Labute approximate surface area is 106 Å². The zero-order valence-corrected chi connectivity index (χ0v) is 11.7. The minimum absolute atomic E-state index is 0.178. The number of carbonyl (C=O) groups excluding carboxylic acids is 1. The van der Waals surface area contributed by atoms with Crippen molar-refractivity contribution in [2.24, 2.45) is 0 Å². The molecule has 0 saturated heterocycles. The van der Waals surface area contributed by atoms with Crippen molar-refractivity contribution in [2.45, 2.75) is 71.8 Å². The molecule has 0 spiro atoms. The molecule has 1 atom stereocenters. The van der Waals surface area contributed by atoms with E-state index in [0.29, 0.717) is 13.2 Å². The molecule has 1 unspecified atom stereocenters. The first kappa shape index (κ1) is 16.4. The Bertz CT molecular complexity index is 180. The summed E-state index contributed by atoms with van der Waals surface area (Å²) in [4.78, 5) is 11.8. The van der Waals surface area contributed by atoms with Crippen LogP contribution >= 0.6 is 0 Å². The van der Waals surface area contributed by atoms with E-state index in [-0.39, 0.29) is 12.1 Å². The lowest BCUT2D eigenvalue weighted by Crippen LogP contribution is -2.27. The Morgan fingerprint density at radius 3 is 2.12 bits per heavy atom. The number of unbranched alkanes of at least 4 members (excludes halogenated alkanes) is 3. The lowest BCUT2D eigenvalue weighted by atomic mass is 10.1. The van der Waals surface area contributed by atoms with Crippen LogP contribution in [0.25, 0.3) is 0 Å². The van der Waals surface area contributed by atoms with Crippen LogP contribution in [0.4, 0.5) is 0 Å². The first-order chi connectivity index (χ1) is 8.26. The number of rotatable bonds is 11. The van der Waals surface area contributed by atoms with E-state index in [1.165, 1.54) is 0 Å². The third-order valence-corrected chi connectivity index (χ3v) is 2.64. The molecule has 0 N–H and O–H groups in total. The summed E-state index contributed by atoms with van der Waals surface area (Å²) in [6.45, 7) is 7.50. The van der Waals surface area contributed by atoms with E-state index in [1.54, 1.807) is 0 Å². The van der Waals surface area contributed by atoms with Crippen molar-refractivity contribution in [3.63, 3.8) is 0 Å². The zero-order valence-electron chi connectivity index (χ0n) is 11.7. The summed E-state index contributed by atoms with van der Waals surface area (Å²) >= 11 is 0. The lowest BCUT2D eigenvalue weighted by molar-refractivity contribution is -0.158. The molecule has 0 aliphatic carbocycles. The maximum Gasteiger partial charge on any atom is 0.335 e. The number of hydrogen-bond donors (Lipinski definition) is 0. The second-order valence-corrected chi connectivity index (χ2v) is 4.38. The van der Waals surface area contributed by atoms with Gasteiger partial charge >= 0.3 is 5.97 Å². The van der Waals surface area contributed by atoms with Crippen LogP contribution in [-0.2, 0) is 14.3 Å². The Morgan fingerprint density at radius 2 is 1.53 bits per heavy atom. The highest BCUT2D eigenvalue weighted by Crippen LogP contribution is 2.08. The van der Waals surface area contributed by atoms with Gasteiger partial charge in [0.05, 0.1) is 6.61 Å². The molecule has 0 heterocycles. The van der Waals surface area contributed by atoms with E-state index in [4.69, 9.17) is 9.47 Å². The van der Waals surface area contributed by atoms with Crippen LogP contribution in [0.1, 0.15) is 65.7 Å². The monoisotopic (exact) mass is 244 g/mol. The zero-order chi connectivity index (χ0) is 12.9. The maximum atomic E-state index is 11.8. The van der Waals surface area contributed by atoms with E-state index in [2.05, 4.69) is 20.8 Å². The molecular weight excluding hydrogens is 216 g/mol. The van der Waals surface area contributed by atoms with Crippen LogP contribution in [0.15, 0.2) is 0 Å². The molecule has 0 aliphatic heterocycles. The van der Waals surface area contributed by atoms with Crippen LogP contribution in [0.2, 0.25) is 0 Å². The van der Waals surface area contributed by atoms with Crippen LogP contribution in [0.3, 0.4) is 0 Å². The van der Waals surface area contributed by atoms with Gasteiger partial charge in [-0.1, -0.05) is 46.5 Å². The van der Waals surface area contributed by atoms with Gasteiger partial charge in [-0.3, -0.25) is 0 Å². The normalized spacial score (nSPS) is 12.4. The fourth-order valence-corrected chi connectivity index (χ4v) is 1.44. The van der Waals surface area contributed by atoms with Gasteiger partial charge in [-0.05, 0) is 19.3 Å². The molecule has 0 aromatic carbocycles. The second-order valence-electron chi connectivity index (χ2n) is 4.38. The molecule has 0 aliphatic rings. The summed E-state index contributed by atoms with van der Waals surface area (Å²) in [7, 11) is 0. The van der Waals surface area contributed by atoms with Crippen LogP contribution in [0, 0.1) is 0 Å². The quantitative estimate of drug-likeness (QED) is 0.410. The van der Waals surface area contributed by atoms with Crippen molar-refractivity contribution in [1.82, 2.24) is 0 Å². The molecular formula is C14H28O3. The van der Waals surface area contributed by atoms with Gasteiger partial charge in [-0.2, -0.15) is 0 Å². The minimum Gasteiger partial charge on any atom is -0.464 e. The Hall–Kier alpha value is -0.570.